The van der Waals surface area contributed by atoms with Crippen LogP contribution in [0.15, 0.2) is 23.7 Å². The molecule has 1 heterocycles. The van der Waals surface area contributed by atoms with Gasteiger partial charge in [0.1, 0.15) is 0 Å². The van der Waals surface area contributed by atoms with Crippen LogP contribution in [0, 0.1) is 17.8 Å². The van der Waals surface area contributed by atoms with Crippen molar-refractivity contribution in [3.8, 4) is 0 Å². The highest BCUT2D eigenvalue weighted by molar-refractivity contribution is 7.13. The summed E-state index contributed by atoms with van der Waals surface area (Å²) in [4.78, 5) is 16.2. The van der Waals surface area contributed by atoms with Gasteiger partial charge in [0.05, 0.1) is 0 Å². The molecule has 0 aromatic carbocycles. The van der Waals surface area contributed by atoms with E-state index in [0.29, 0.717) is 11.8 Å². The molecule has 0 saturated heterocycles. The number of thiazole rings is 1. The van der Waals surface area contributed by atoms with Gasteiger partial charge in [-0.05, 0) is 37.5 Å². The van der Waals surface area contributed by atoms with E-state index in [0.717, 1.165) is 30.8 Å². The average Bonchev–Trinajstić information content (AvgIpc) is 2.72. The first-order valence-corrected chi connectivity index (χ1v) is 7.09. The van der Waals surface area contributed by atoms with Gasteiger partial charge in [0.25, 0.3) is 0 Å². The van der Waals surface area contributed by atoms with Crippen LogP contribution in [0.4, 0.5) is 5.13 Å². The second-order valence-corrected chi connectivity index (χ2v) is 5.70. The largest absolute Gasteiger partial charge is 0.302 e. The minimum absolute atomic E-state index is 0.178. The van der Waals surface area contributed by atoms with E-state index in [9.17, 15) is 4.79 Å². The van der Waals surface area contributed by atoms with Crippen molar-refractivity contribution in [1.29, 1.82) is 0 Å². The van der Waals surface area contributed by atoms with E-state index in [1.165, 1.54) is 11.3 Å². The highest BCUT2D eigenvalue weighted by Gasteiger charge is 2.53. The van der Waals surface area contributed by atoms with Crippen LogP contribution in [0.1, 0.15) is 25.7 Å². The highest BCUT2D eigenvalue weighted by atomic mass is 32.1. The van der Waals surface area contributed by atoms with E-state index in [1.807, 2.05) is 5.38 Å². The third kappa shape index (κ3) is 2.27. The zero-order valence-corrected chi connectivity index (χ0v) is 10.5. The maximum absolute atomic E-state index is 12.1. The van der Waals surface area contributed by atoms with Gasteiger partial charge in [-0.1, -0.05) is 12.2 Å². The molecule has 0 aliphatic heterocycles. The van der Waals surface area contributed by atoms with Gasteiger partial charge in [-0.3, -0.25) is 4.79 Å². The van der Waals surface area contributed by atoms with E-state index in [1.54, 1.807) is 6.20 Å². The van der Waals surface area contributed by atoms with Crippen LogP contribution in [0.3, 0.4) is 0 Å². The molecule has 90 valence electrons. The fourth-order valence-electron chi connectivity index (χ4n) is 2.91. The van der Waals surface area contributed by atoms with Gasteiger partial charge in [0.2, 0.25) is 5.91 Å². The van der Waals surface area contributed by atoms with E-state index in [4.69, 9.17) is 0 Å². The molecule has 17 heavy (non-hydrogen) atoms. The second-order valence-electron chi connectivity index (χ2n) is 4.81. The number of amides is 1. The first-order valence-electron chi connectivity index (χ1n) is 6.21. The standard InChI is InChI=1S/C13H16N2OS/c16-12(15-13-14-7-8-17-13)11-9-5-3-1-2-4-6-10(9)11/h1-2,7-11H,3-6H2,(H,14,15,16)/t9-,10+,11?. The maximum Gasteiger partial charge on any atom is 0.229 e. The lowest BCUT2D eigenvalue weighted by atomic mass is 10.1. The highest BCUT2D eigenvalue weighted by Crippen LogP contribution is 2.53. The van der Waals surface area contributed by atoms with Gasteiger partial charge in [-0.15, -0.1) is 11.3 Å². The van der Waals surface area contributed by atoms with E-state index < -0.39 is 0 Å². The number of rotatable bonds is 2. The predicted octanol–water partition coefficient (Wildman–Crippen LogP) is 3.07. The van der Waals surface area contributed by atoms with Crippen LogP contribution >= 0.6 is 11.3 Å². The summed E-state index contributed by atoms with van der Waals surface area (Å²) in [6.45, 7) is 0. The fraction of sp³-hybridized carbons (Fsp3) is 0.538. The average molecular weight is 248 g/mol. The number of carbonyl (C=O) groups is 1. The second kappa shape index (κ2) is 4.61. The molecule has 1 fully saturated rings. The van der Waals surface area contributed by atoms with Crippen LogP contribution in [0.25, 0.3) is 0 Å². The van der Waals surface area contributed by atoms with E-state index in [-0.39, 0.29) is 11.8 Å². The zero-order valence-electron chi connectivity index (χ0n) is 9.63. The molecule has 1 aromatic rings. The van der Waals surface area contributed by atoms with Crippen molar-refractivity contribution >= 4 is 22.4 Å². The molecule has 3 rings (SSSR count). The monoisotopic (exact) mass is 248 g/mol. The summed E-state index contributed by atoms with van der Waals surface area (Å²) < 4.78 is 0. The van der Waals surface area contributed by atoms with E-state index >= 15 is 0 Å². The van der Waals surface area contributed by atoms with Crippen LogP contribution in [-0.2, 0) is 4.79 Å². The van der Waals surface area contributed by atoms with Crippen molar-refractivity contribution < 1.29 is 4.79 Å². The molecule has 1 saturated carbocycles. The summed E-state index contributed by atoms with van der Waals surface area (Å²) in [6, 6.07) is 0. The summed E-state index contributed by atoms with van der Waals surface area (Å²) >= 11 is 1.48. The third-order valence-electron chi connectivity index (χ3n) is 3.80. The van der Waals surface area contributed by atoms with Crippen molar-refractivity contribution in [2.75, 3.05) is 5.32 Å². The van der Waals surface area contributed by atoms with Crippen LogP contribution in [0.5, 0.6) is 0 Å². The zero-order chi connectivity index (χ0) is 11.7. The summed E-state index contributed by atoms with van der Waals surface area (Å²) in [5.74, 6) is 1.63. The first-order chi connectivity index (χ1) is 8.36. The Morgan fingerprint density at radius 1 is 1.29 bits per heavy atom. The SMILES string of the molecule is O=C(Nc1nccs1)C1[C@H]2CCC=CCC[C@@H]12. The van der Waals surface area contributed by atoms with Gasteiger partial charge in [0.15, 0.2) is 5.13 Å². The third-order valence-corrected chi connectivity index (χ3v) is 4.49. The molecule has 0 spiro atoms. The molecule has 1 amide bonds. The molecule has 4 heteroatoms. The number of carbonyl (C=O) groups excluding carboxylic acids is 1. The van der Waals surface area contributed by atoms with Gasteiger partial charge in [-0.2, -0.15) is 0 Å². The molecule has 0 bridgehead atoms. The lowest BCUT2D eigenvalue weighted by Crippen LogP contribution is -2.15. The Kier molecular flexibility index (Phi) is 2.97. The number of hydrogen-bond acceptors (Lipinski definition) is 3. The Morgan fingerprint density at radius 2 is 2.00 bits per heavy atom. The number of nitrogens with zero attached hydrogens (tertiary/aromatic N) is 1. The van der Waals surface area contributed by atoms with Crippen molar-refractivity contribution in [3.63, 3.8) is 0 Å². The quantitative estimate of drug-likeness (QED) is 0.817. The number of allylic oxidation sites excluding steroid dienone is 2. The van der Waals surface area contributed by atoms with Gasteiger partial charge in [-0.25, -0.2) is 4.98 Å². The summed E-state index contributed by atoms with van der Waals surface area (Å²) in [5.41, 5.74) is 0. The number of anilines is 1. The lowest BCUT2D eigenvalue weighted by molar-refractivity contribution is -0.117. The Labute approximate surface area is 105 Å². The molecule has 3 atom stereocenters. The van der Waals surface area contributed by atoms with E-state index in [2.05, 4.69) is 22.5 Å². The molecule has 2 aliphatic rings. The predicted molar refractivity (Wildman–Crippen MR) is 68.8 cm³/mol. The molecule has 2 aliphatic carbocycles. The molecule has 1 unspecified atom stereocenters. The molecule has 0 radical (unpaired) electrons. The number of nitrogens with one attached hydrogen (secondary N) is 1. The van der Waals surface area contributed by atoms with Crippen molar-refractivity contribution in [2.24, 2.45) is 17.8 Å². The van der Waals surface area contributed by atoms with Crippen molar-refractivity contribution in [3.05, 3.63) is 23.7 Å². The van der Waals surface area contributed by atoms with Crippen LogP contribution < -0.4 is 5.32 Å². The van der Waals surface area contributed by atoms with Gasteiger partial charge < -0.3 is 5.32 Å². The molecular formula is C13H16N2OS. The fourth-order valence-corrected chi connectivity index (χ4v) is 3.44. The van der Waals surface area contributed by atoms with Crippen molar-refractivity contribution in [1.82, 2.24) is 4.98 Å². The maximum atomic E-state index is 12.1. The van der Waals surface area contributed by atoms with Gasteiger partial charge >= 0.3 is 0 Å². The topological polar surface area (TPSA) is 42.0 Å². The van der Waals surface area contributed by atoms with Gasteiger partial charge in [0, 0.05) is 17.5 Å². The number of aromatic nitrogens is 1. The normalized spacial score (nSPS) is 31.2. The van der Waals surface area contributed by atoms with Crippen LogP contribution in [-0.4, -0.2) is 10.9 Å². The first kappa shape index (κ1) is 11.0. The Morgan fingerprint density at radius 3 is 2.59 bits per heavy atom. The molecular weight excluding hydrogens is 232 g/mol. The molecule has 1 N–H and O–H groups in total. The molecule has 3 nitrogen and oxygen atoms in total. The number of fused-ring (bicyclic) bond motifs is 1. The Hall–Kier alpha value is -1.16. The molecule has 1 aromatic heterocycles. The summed E-state index contributed by atoms with van der Waals surface area (Å²) in [5, 5.41) is 5.54. The van der Waals surface area contributed by atoms with Crippen molar-refractivity contribution in [2.45, 2.75) is 25.7 Å². The number of hydrogen-bond donors (Lipinski definition) is 1. The smallest absolute Gasteiger partial charge is 0.229 e. The summed E-state index contributed by atoms with van der Waals surface area (Å²) in [6.07, 6.45) is 10.8. The lowest BCUT2D eigenvalue weighted by Gasteiger charge is -1.99. The minimum atomic E-state index is 0.178. The Balaban J connectivity index is 1.61. The van der Waals surface area contributed by atoms with Crippen LogP contribution in [0.2, 0.25) is 0 Å². The Bertz CT molecular complexity index is 411. The minimum Gasteiger partial charge on any atom is -0.302 e. The summed E-state index contributed by atoms with van der Waals surface area (Å²) in [7, 11) is 0.